The van der Waals surface area contributed by atoms with Gasteiger partial charge in [-0.3, -0.25) is 19.5 Å². The van der Waals surface area contributed by atoms with E-state index in [1.54, 1.807) is 25.4 Å². The van der Waals surface area contributed by atoms with Crippen LogP contribution in [-0.2, 0) is 14.3 Å². The zero-order chi connectivity index (χ0) is 23.8. The van der Waals surface area contributed by atoms with Crippen LogP contribution < -0.4 is 0 Å². The molecule has 7 nitrogen and oxygen atoms in total. The van der Waals surface area contributed by atoms with E-state index in [0.29, 0.717) is 25.9 Å². The third-order valence-electron chi connectivity index (χ3n) is 7.32. The predicted octanol–water partition coefficient (Wildman–Crippen LogP) is 3.05. The first-order chi connectivity index (χ1) is 16.5. The molecule has 3 heterocycles. The fourth-order valence-corrected chi connectivity index (χ4v) is 5.66. The Morgan fingerprint density at radius 3 is 2.65 bits per heavy atom. The molecule has 2 N–H and O–H groups in total. The minimum Gasteiger partial charge on any atom is -0.508 e. The molecular weight excluding hydrogens is 432 g/mol. The summed E-state index contributed by atoms with van der Waals surface area (Å²) in [4.78, 5) is 31.1. The van der Waals surface area contributed by atoms with Crippen molar-refractivity contribution in [3.05, 3.63) is 71.1 Å². The number of hydrogen-bond donors (Lipinski definition) is 2. The van der Waals surface area contributed by atoms with Crippen molar-refractivity contribution in [3.63, 3.8) is 0 Å². The zero-order valence-corrected chi connectivity index (χ0v) is 19.1. The number of fused-ring (bicyclic) bond motifs is 3. The average molecular weight is 461 g/mol. The number of phenolic OH excluding ortho intramolecular Hbond substituents is 1. The fourth-order valence-electron chi connectivity index (χ4n) is 5.66. The van der Waals surface area contributed by atoms with Crippen LogP contribution in [0.3, 0.4) is 0 Å². The van der Waals surface area contributed by atoms with Gasteiger partial charge in [0.15, 0.2) is 0 Å². The Balaban J connectivity index is 1.41. The number of imide groups is 1. The molecule has 2 amide bonds. The number of carbonyl (C=O) groups excluding carboxylic acids is 2. The van der Waals surface area contributed by atoms with Crippen LogP contribution in [0.5, 0.6) is 5.75 Å². The second-order valence-corrected chi connectivity index (χ2v) is 9.23. The summed E-state index contributed by atoms with van der Waals surface area (Å²) in [6, 6.07) is 12.8. The van der Waals surface area contributed by atoms with E-state index in [-0.39, 0.29) is 36.2 Å². The third-order valence-corrected chi connectivity index (χ3v) is 7.32. The number of amides is 2. The molecule has 1 aromatic carbocycles. The van der Waals surface area contributed by atoms with E-state index in [9.17, 15) is 19.8 Å². The van der Waals surface area contributed by atoms with Gasteiger partial charge in [-0.25, -0.2) is 0 Å². The van der Waals surface area contributed by atoms with E-state index in [4.69, 9.17) is 4.74 Å². The standard InChI is InChI=1S/C27H28N2O5/c1-29-26(32)20-13-18(14-30)24-21(25(20)27(29)33)15-34-23(24)10-7-17(22-4-2-3-11-28-22)12-16-5-8-19(31)9-6-16/h2-6,8-9,11-12,20-21,23,25,30-31H,7,10,13-15H2,1H3/b17-12-/t20-,21+,23-,25-/m1/s1. The number of nitrogens with zero attached hydrogens (tertiary/aromatic N) is 2. The first kappa shape index (κ1) is 22.5. The number of phenols is 1. The highest BCUT2D eigenvalue weighted by Crippen LogP contribution is 2.49. The molecule has 7 heteroatoms. The van der Waals surface area contributed by atoms with Crippen LogP contribution in [-0.4, -0.2) is 58.3 Å². The Labute approximate surface area is 198 Å². The molecule has 0 bridgehead atoms. The fraction of sp³-hybridized carbons (Fsp3) is 0.370. The van der Waals surface area contributed by atoms with Gasteiger partial charge in [-0.1, -0.05) is 18.2 Å². The summed E-state index contributed by atoms with van der Waals surface area (Å²) in [6.45, 7) is 0.259. The van der Waals surface area contributed by atoms with Crippen LogP contribution in [0.25, 0.3) is 11.6 Å². The minimum absolute atomic E-state index is 0.128. The van der Waals surface area contributed by atoms with Gasteiger partial charge in [0.05, 0.1) is 36.8 Å². The molecular formula is C27H28N2O5. The highest BCUT2D eigenvalue weighted by atomic mass is 16.5. The Morgan fingerprint density at radius 2 is 1.94 bits per heavy atom. The van der Waals surface area contributed by atoms with E-state index in [1.165, 1.54) is 4.90 Å². The molecule has 1 aliphatic carbocycles. The van der Waals surface area contributed by atoms with Crippen molar-refractivity contribution >= 4 is 23.5 Å². The average Bonchev–Trinajstić information content (AvgIpc) is 3.38. The summed E-state index contributed by atoms with van der Waals surface area (Å²) < 4.78 is 6.18. The van der Waals surface area contributed by atoms with Crippen molar-refractivity contribution in [1.82, 2.24) is 9.88 Å². The number of ether oxygens (including phenoxy) is 1. The van der Waals surface area contributed by atoms with Crippen molar-refractivity contribution in [2.75, 3.05) is 20.3 Å². The van der Waals surface area contributed by atoms with E-state index in [0.717, 1.165) is 28.0 Å². The van der Waals surface area contributed by atoms with Gasteiger partial charge >= 0.3 is 0 Å². The molecule has 5 rings (SSSR count). The molecule has 2 aliphatic heterocycles. The lowest BCUT2D eigenvalue weighted by Crippen LogP contribution is -2.34. The number of likely N-dealkylation sites (tertiary alicyclic amines) is 1. The van der Waals surface area contributed by atoms with Gasteiger partial charge in [0.25, 0.3) is 0 Å². The number of allylic oxidation sites excluding steroid dienone is 1. The lowest BCUT2D eigenvalue weighted by Gasteiger charge is -2.31. The van der Waals surface area contributed by atoms with Gasteiger partial charge in [0.2, 0.25) is 11.8 Å². The smallest absolute Gasteiger partial charge is 0.233 e. The highest BCUT2D eigenvalue weighted by Gasteiger charge is 2.55. The number of aliphatic hydroxyl groups excluding tert-OH is 1. The number of aliphatic hydroxyl groups is 1. The van der Waals surface area contributed by atoms with Gasteiger partial charge in [0.1, 0.15) is 5.75 Å². The van der Waals surface area contributed by atoms with Crippen LogP contribution >= 0.6 is 0 Å². The molecule has 3 aliphatic rings. The summed E-state index contributed by atoms with van der Waals surface area (Å²) in [5, 5.41) is 19.7. The number of hydrogen-bond acceptors (Lipinski definition) is 6. The van der Waals surface area contributed by atoms with Crippen molar-refractivity contribution in [2.45, 2.75) is 25.4 Å². The molecule has 4 atom stereocenters. The number of benzene rings is 1. The highest BCUT2D eigenvalue weighted by molar-refractivity contribution is 6.05. The number of rotatable bonds is 6. The second kappa shape index (κ2) is 9.16. The SMILES string of the molecule is CN1C(=O)[C@@H]2[C@@H](CC(CO)=C3[C@@H](CC/C(=C/c4ccc(O)cc4)c4ccccn4)OC[C@@H]32)C1=O. The van der Waals surface area contributed by atoms with Crippen LogP contribution in [0.2, 0.25) is 0 Å². The summed E-state index contributed by atoms with van der Waals surface area (Å²) in [5.74, 6) is -1.03. The third kappa shape index (κ3) is 3.95. The second-order valence-electron chi connectivity index (χ2n) is 9.23. The van der Waals surface area contributed by atoms with Crippen molar-refractivity contribution in [1.29, 1.82) is 0 Å². The molecule has 176 valence electrons. The normalized spacial score (nSPS) is 26.8. The maximum atomic E-state index is 12.8. The zero-order valence-electron chi connectivity index (χ0n) is 19.1. The molecule has 1 aromatic heterocycles. The number of carbonyl (C=O) groups is 2. The first-order valence-electron chi connectivity index (χ1n) is 11.6. The summed E-state index contributed by atoms with van der Waals surface area (Å²) in [5.41, 5.74) is 4.70. The monoisotopic (exact) mass is 460 g/mol. The van der Waals surface area contributed by atoms with Gasteiger partial charge in [0, 0.05) is 19.2 Å². The van der Waals surface area contributed by atoms with Crippen molar-refractivity contribution < 1.29 is 24.5 Å². The maximum absolute atomic E-state index is 12.8. The van der Waals surface area contributed by atoms with Gasteiger partial charge in [-0.15, -0.1) is 0 Å². The van der Waals surface area contributed by atoms with Crippen LogP contribution in [0.15, 0.2) is 59.8 Å². The van der Waals surface area contributed by atoms with E-state index < -0.39 is 11.8 Å². The quantitative estimate of drug-likeness (QED) is 0.508. The molecule has 0 spiro atoms. The lowest BCUT2D eigenvalue weighted by molar-refractivity contribution is -0.138. The van der Waals surface area contributed by atoms with E-state index in [2.05, 4.69) is 11.1 Å². The molecule has 2 fully saturated rings. The molecule has 2 aromatic rings. The number of aromatic nitrogens is 1. The van der Waals surface area contributed by atoms with Crippen molar-refractivity contribution in [2.24, 2.45) is 17.8 Å². The molecule has 0 saturated carbocycles. The summed E-state index contributed by atoms with van der Waals surface area (Å²) >= 11 is 0. The van der Waals surface area contributed by atoms with Crippen molar-refractivity contribution in [3.8, 4) is 5.75 Å². The van der Waals surface area contributed by atoms with Gasteiger partial charge in [-0.2, -0.15) is 0 Å². The Bertz CT molecular complexity index is 1160. The Kier molecular flexibility index (Phi) is 6.06. The van der Waals surface area contributed by atoms with Crippen LogP contribution in [0.4, 0.5) is 0 Å². The molecule has 0 radical (unpaired) electrons. The molecule has 34 heavy (non-hydrogen) atoms. The number of aromatic hydroxyl groups is 1. The van der Waals surface area contributed by atoms with Gasteiger partial charge in [-0.05, 0) is 71.9 Å². The van der Waals surface area contributed by atoms with Crippen LogP contribution in [0.1, 0.15) is 30.5 Å². The largest absolute Gasteiger partial charge is 0.508 e. The summed E-state index contributed by atoms with van der Waals surface area (Å²) in [6.07, 6.45) is 5.37. The van der Waals surface area contributed by atoms with E-state index in [1.807, 2.05) is 30.3 Å². The lowest BCUT2D eigenvalue weighted by atomic mass is 9.69. The Morgan fingerprint density at radius 1 is 1.15 bits per heavy atom. The van der Waals surface area contributed by atoms with Crippen LogP contribution in [0, 0.1) is 17.8 Å². The summed E-state index contributed by atoms with van der Waals surface area (Å²) in [7, 11) is 1.54. The van der Waals surface area contributed by atoms with Gasteiger partial charge < -0.3 is 14.9 Å². The molecule has 2 saturated heterocycles. The topological polar surface area (TPSA) is 100.0 Å². The first-order valence-corrected chi connectivity index (χ1v) is 11.6. The predicted molar refractivity (Wildman–Crippen MR) is 126 cm³/mol. The number of pyridine rings is 1. The minimum atomic E-state index is -0.394. The van der Waals surface area contributed by atoms with E-state index >= 15 is 0 Å². The Hall–Kier alpha value is -3.29. The molecule has 0 unspecified atom stereocenters. The maximum Gasteiger partial charge on any atom is 0.233 e.